The van der Waals surface area contributed by atoms with Crippen molar-refractivity contribution < 1.29 is 9.18 Å². The lowest BCUT2D eigenvalue weighted by Gasteiger charge is -2.32. The summed E-state index contributed by atoms with van der Waals surface area (Å²) in [5.41, 5.74) is 1.44. The van der Waals surface area contributed by atoms with Crippen molar-refractivity contribution in [2.24, 2.45) is 5.92 Å². The van der Waals surface area contributed by atoms with Gasteiger partial charge in [0, 0.05) is 18.3 Å². The molecule has 146 valence electrons. The summed E-state index contributed by atoms with van der Waals surface area (Å²) in [6, 6.07) is 6.29. The number of halogens is 1. The molecule has 4 nitrogen and oxygen atoms in total. The van der Waals surface area contributed by atoms with Crippen LogP contribution in [-0.2, 0) is 11.3 Å². The summed E-state index contributed by atoms with van der Waals surface area (Å²) in [5.74, 6) is 0.476. The molecule has 27 heavy (non-hydrogen) atoms. The van der Waals surface area contributed by atoms with Gasteiger partial charge in [-0.15, -0.1) is 11.3 Å². The lowest BCUT2D eigenvalue weighted by Crippen LogP contribution is -2.35. The number of carbonyl (C=O) groups is 1. The van der Waals surface area contributed by atoms with Crippen LogP contribution < -0.4 is 5.32 Å². The van der Waals surface area contributed by atoms with E-state index < -0.39 is 0 Å². The average molecular weight is 390 g/mol. The van der Waals surface area contributed by atoms with Crippen molar-refractivity contribution in [3.05, 3.63) is 46.2 Å². The summed E-state index contributed by atoms with van der Waals surface area (Å²) < 4.78 is 13.6. The molecule has 2 aromatic rings. The topological polar surface area (TPSA) is 45.2 Å². The van der Waals surface area contributed by atoms with Crippen LogP contribution >= 0.6 is 11.3 Å². The summed E-state index contributed by atoms with van der Waals surface area (Å²) in [7, 11) is 0. The second-order valence-corrected chi connectivity index (χ2v) is 8.57. The van der Waals surface area contributed by atoms with E-state index in [1.54, 1.807) is 29.5 Å². The van der Waals surface area contributed by atoms with Crippen LogP contribution in [0.5, 0.6) is 0 Å². The van der Waals surface area contributed by atoms with Crippen molar-refractivity contribution in [1.82, 2.24) is 9.88 Å². The number of likely N-dealkylation sites (tertiary alicyclic amines) is 1. The van der Waals surface area contributed by atoms with Gasteiger partial charge in [0.2, 0.25) is 5.91 Å². The van der Waals surface area contributed by atoms with Crippen molar-refractivity contribution >= 4 is 22.9 Å². The van der Waals surface area contributed by atoms with E-state index in [1.165, 1.54) is 16.8 Å². The quantitative estimate of drug-likeness (QED) is 0.722. The molecular formula is C21H28FN3OS. The van der Waals surface area contributed by atoms with Gasteiger partial charge in [-0.2, -0.15) is 0 Å². The fourth-order valence-corrected chi connectivity index (χ4v) is 4.49. The first-order valence-corrected chi connectivity index (χ1v) is 10.6. The fourth-order valence-electron chi connectivity index (χ4n) is 3.50. The molecule has 0 bridgehead atoms. The van der Waals surface area contributed by atoms with Crippen molar-refractivity contribution in [3.8, 4) is 0 Å². The van der Waals surface area contributed by atoms with Crippen molar-refractivity contribution in [1.29, 1.82) is 0 Å². The number of aromatic nitrogens is 1. The molecule has 0 aliphatic carbocycles. The van der Waals surface area contributed by atoms with Crippen LogP contribution in [0.3, 0.4) is 0 Å². The Bertz CT molecular complexity index is 761. The molecule has 1 N–H and O–H groups in total. The third kappa shape index (κ3) is 5.84. The molecule has 1 aliphatic heterocycles. The van der Waals surface area contributed by atoms with Crippen LogP contribution in [0.2, 0.25) is 0 Å². The molecule has 1 amide bonds. The zero-order chi connectivity index (χ0) is 19.2. The lowest BCUT2D eigenvalue weighted by molar-refractivity contribution is -0.116. The average Bonchev–Trinajstić information content (AvgIpc) is 3.11. The van der Waals surface area contributed by atoms with Crippen LogP contribution in [0, 0.1) is 11.7 Å². The standard InChI is InChI=1S/C21H28FN3OS/c1-15(2)19-14-27-21(24-19)13-25-11-5-6-16(12-25)9-10-20(26)23-18-8-4-3-7-17(18)22/h3-4,7-8,14-16H,5-6,9-13H2,1-2H3,(H,23,26)/t16-/m1/s1. The third-order valence-electron chi connectivity index (χ3n) is 5.05. The van der Waals surface area contributed by atoms with E-state index in [4.69, 9.17) is 4.98 Å². The second-order valence-electron chi connectivity index (χ2n) is 7.63. The van der Waals surface area contributed by atoms with Gasteiger partial charge in [-0.3, -0.25) is 9.69 Å². The molecule has 1 atom stereocenters. The number of hydrogen-bond donors (Lipinski definition) is 1. The van der Waals surface area contributed by atoms with Gasteiger partial charge in [0.15, 0.2) is 0 Å². The first-order valence-electron chi connectivity index (χ1n) is 9.72. The third-order valence-corrected chi connectivity index (χ3v) is 5.90. The van der Waals surface area contributed by atoms with Gasteiger partial charge >= 0.3 is 0 Å². The number of anilines is 1. The Balaban J connectivity index is 1.45. The molecule has 2 heterocycles. The molecular weight excluding hydrogens is 361 g/mol. The maximum Gasteiger partial charge on any atom is 0.224 e. The van der Waals surface area contributed by atoms with Crippen LogP contribution in [0.4, 0.5) is 10.1 Å². The number of carbonyl (C=O) groups excluding carboxylic acids is 1. The monoisotopic (exact) mass is 389 g/mol. The largest absolute Gasteiger partial charge is 0.324 e. The van der Waals surface area contributed by atoms with E-state index in [-0.39, 0.29) is 17.4 Å². The number of piperidine rings is 1. The number of benzene rings is 1. The molecule has 6 heteroatoms. The Morgan fingerprint density at radius 2 is 2.22 bits per heavy atom. The summed E-state index contributed by atoms with van der Waals surface area (Å²) in [5, 5.41) is 6.02. The lowest BCUT2D eigenvalue weighted by atomic mass is 9.93. The van der Waals surface area contributed by atoms with E-state index >= 15 is 0 Å². The zero-order valence-corrected chi connectivity index (χ0v) is 16.9. The molecule has 1 fully saturated rings. The van der Waals surface area contributed by atoms with E-state index in [2.05, 4.69) is 29.4 Å². The molecule has 1 aromatic heterocycles. The molecule has 0 unspecified atom stereocenters. The van der Waals surface area contributed by atoms with Crippen LogP contribution in [0.1, 0.15) is 56.2 Å². The highest BCUT2D eigenvalue weighted by atomic mass is 32.1. The van der Waals surface area contributed by atoms with Crippen molar-refractivity contribution in [2.75, 3.05) is 18.4 Å². The summed E-state index contributed by atoms with van der Waals surface area (Å²) in [6.07, 6.45) is 3.58. The van der Waals surface area contributed by atoms with Crippen LogP contribution in [0.25, 0.3) is 0 Å². The van der Waals surface area contributed by atoms with Gasteiger partial charge in [-0.25, -0.2) is 9.37 Å². The highest BCUT2D eigenvalue weighted by molar-refractivity contribution is 7.09. The number of amides is 1. The molecule has 1 aliphatic rings. The summed E-state index contributed by atoms with van der Waals surface area (Å²) >= 11 is 1.74. The van der Waals surface area contributed by atoms with Crippen molar-refractivity contribution in [2.45, 2.75) is 52.0 Å². The minimum atomic E-state index is -0.390. The zero-order valence-electron chi connectivity index (χ0n) is 16.1. The minimum Gasteiger partial charge on any atom is -0.324 e. The Labute approximate surface area is 164 Å². The molecule has 0 saturated carbocycles. The normalized spacial score (nSPS) is 18.0. The smallest absolute Gasteiger partial charge is 0.224 e. The van der Waals surface area contributed by atoms with Gasteiger partial charge in [0.25, 0.3) is 0 Å². The molecule has 0 spiro atoms. The number of hydrogen-bond acceptors (Lipinski definition) is 4. The van der Waals surface area contributed by atoms with Crippen LogP contribution in [0.15, 0.2) is 29.6 Å². The number of nitrogens with one attached hydrogen (secondary N) is 1. The summed E-state index contributed by atoms with van der Waals surface area (Å²) in [4.78, 5) is 19.3. The molecule has 1 aromatic carbocycles. The highest BCUT2D eigenvalue weighted by Gasteiger charge is 2.22. The minimum absolute atomic E-state index is 0.112. The predicted octanol–water partition coefficient (Wildman–Crippen LogP) is 5.04. The Morgan fingerprint density at radius 3 is 2.96 bits per heavy atom. The first-order chi connectivity index (χ1) is 13.0. The van der Waals surface area contributed by atoms with Crippen LogP contribution in [-0.4, -0.2) is 28.9 Å². The Kier molecular flexibility index (Phi) is 6.96. The second kappa shape index (κ2) is 9.42. The fraction of sp³-hybridized carbons (Fsp3) is 0.524. The molecule has 0 radical (unpaired) electrons. The molecule has 3 rings (SSSR count). The SMILES string of the molecule is CC(C)c1csc(CN2CCC[C@H](CCC(=O)Nc3ccccc3F)C2)n1. The van der Waals surface area contributed by atoms with Gasteiger partial charge < -0.3 is 5.32 Å². The molecule has 1 saturated heterocycles. The first kappa shape index (κ1) is 20.0. The van der Waals surface area contributed by atoms with Gasteiger partial charge in [-0.05, 0) is 49.8 Å². The van der Waals surface area contributed by atoms with Gasteiger partial charge in [0.05, 0.1) is 17.9 Å². The van der Waals surface area contributed by atoms with Gasteiger partial charge in [-0.1, -0.05) is 26.0 Å². The van der Waals surface area contributed by atoms with E-state index in [0.29, 0.717) is 18.3 Å². The van der Waals surface area contributed by atoms with E-state index in [1.807, 2.05) is 0 Å². The number of para-hydroxylation sites is 1. The van der Waals surface area contributed by atoms with E-state index in [0.717, 1.165) is 38.9 Å². The maximum atomic E-state index is 13.6. The number of rotatable bonds is 7. The predicted molar refractivity (Wildman–Crippen MR) is 108 cm³/mol. The number of thiazole rings is 1. The summed E-state index contributed by atoms with van der Waals surface area (Å²) in [6.45, 7) is 7.33. The van der Waals surface area contributed by atoms with E-state index in [9.17, 15) is 9.18 Å². The van der Waals surface area contributed by atoms with Crippen molar-refractivity contribution in [3.63, 3.8) is 0 Å². The highest BCUT2D eigenvalue weighted by Crippen LogP contribution is 2.25. The van der Waals surface area contributed by atoms with Gasteiger partial charge in [0.1, 0.15) is 10.8 Å². The Morgan fingerprint density at radius 1 is 1.41 bits per heavy atom. The number of nitrogens with zero attached hydrogens (tertiary/aromatic N) is 2. The Hall–Kier alpha value is -1.79. The maximum absolute atomic E-state index is 13.6.